The van der Waals surface area contributed by atoms with Crippen LogP contribution in [0.2, 0.25) is 0 Å². The number of aromatic nitrogens is 3. The molecule has 7 heteroatoms. The van der Waals surface area contributed by atoms with Gasteiger partial charge in [0, 0.05) is 16.4 Å². The molecule has 4 N–H and O–H groups in total. The number of hydrogen-bond donors (Lipinski definition) is 3. The molecule has 0 aliphatic rings. The summed E-state index contributed by atoms with van der Waals surface area (Å²) in [6.07, 6.45) is 2.59. The van der Waals surface area contributed by atoms with Crippen LogP contribution in [0.1, 0.15) is 21.4 Å². The van der Waals surface area contributed by atoms with Crippen molar-refractivity contribution in [1.82, 2.24) is 20.3 Å². The number of rotatable bonds is 5. The fraction of sp³-hybridized carbons (Fsp3) is 0.286. The molecule has 0 radical (unpaired) electrons. The van der Waals surface area contributed by atoms with Crippen LogP contribution in [0.15, 0.2) is 28.9 Å². The Hall–Kier alpha value is -2.05. The average Bonchev–Trinajstić information content (AvgIpc) is 3.07. The zero-order valence-electron chi connectivity index (χ0n) is 14.2. The van der Waals surface area contributed by atoms with E-state index in [1.165, 1.54) is 0 Å². The summed E-state index contributed by atoms with van der Waals surface area (Å²) in [4.78, 5) is 11.9. The fourth-order valence-electron chi connectivity index (χ4n) is 2.11. The molecule has 0 atom stereocenters. The van der Waals surface area contributed by atoms with Gasteiger partial charge in [0.05, 0.1) is 18.1 Å². The molecule has 3 rings (SSSR count). The minimum absolute atomic E-state index is 0. The van der Waals surface area contributed by atoms with Crippen molar-refractivity contribution in [2.24, 2.45) is 0 Å². The van der Waals surface area contributed by atoms with Crippen LogP contribution in [0.5, 0.6) is 0 Å². The van der Waals surface area contributed by atoms with E-state index in [1.807, 2.05) is 18.2 Å². The fourth-order valence-corrected chi connectivity index (χ4v) is 2.11. The molecular formula is C14H18ClN5O. The van der Waals surface area contributed by atoms with Gasteiger partial charge in [-0.25, -0.2) is 9.97 Å². The number of aromatic amines is 1. The summed E-state index contributed by atoms with van der Waals surface area (Å²) < 4.78 is 26.7. The molecule has 21 heavy (non-hydrogen) atoms. The monoisotopic (exact) mass is 310 g/mol. The Morgan fingerprint density at radius 1 is 1.48 bits per heavy atom. The molecule has 0 amide bonds. The molecule has 0 saturated heterocycles. The first-order valence-electron chi connectivity index (χ1n) is 7.82. The standard InChI is InChI=1S/C14H17N5O.ClH/c1-16-5-4-9-7-11-13(15)18-12(19-14(11)17-9)8-10-3-2-6-20-10;/h2-3,6-7,16H,4-5,8H2,1H3,(H3,15,17,18,19);1H/i1D3;. The Balaban J connectivity index is 0.00000208. The second kappa shape index (κ2) is 6.60. The van der Waals surface area contributed by atoms with Gasteiger partial charge in [-0.15, -0.1) is 12.4 Å². The highest BCUT2D eigenvalue weighted by atomic mass is 35.5. The number of anilines is 1. The predicted octanol–water partition coefficient (Wildman–Crippen LogP) is 1.91. The van der Waals surface area contributed by atoms with Crippen molar-refractivity contribution < 1.29 is 8.53 Å². The number of nitrogen functional groups attached to an aromatic ring is 1. The van der Waals surface area contributed by atoms with Gasteiger partial charge < -0.3 is 20.5 Å². The Bertz CT molecular complexity index is 801. The topological polar surface area (TPSA) is 92.8 Å². The van der Waals surface area contributed by atoms with E-state index < -0.39 is 6.98 Å². The van der Waals surface area contributed by atoms with Crippen LogP contribution in [-0.2, 0) is 12.8 Å². The third-order valence-corrected chi connectivity index (χ3v) is 3.05. The van der Waals surface area contributed by atoms with Crippen LogP contribution in [0.25, 0.3) is 11.0 Å². The predicted molar refractivity (Wildman–Crippen MR) is 84.7 cm³/mol. The zero-order valence-corrected chi connectivity index (χ0v) is 12.0. The molecule has 0 saturated carbocycles. The van der Waals surface area contributed by atoms with E-state index in [0.717, 1.165) is 16.8 Å². The highest BCUT2D eigenvalue weighted by molar-refractivity contribution is 5.86. The lowest BCUT2D eigenvalue weighted by molar-refractivity contribution is 0.517. The minimum Gasteiger partial charge on any atom is -0.469 e. The van der Waals surface area contributed by atoms with Gasteiger partial charge in [0.1, 0.15) is 23.0 Å². The van der Waals surface area contributed by atoms with Crippen molar-refractivity contribution in [3.8, 4) is 0 Å². The quantitative estimate of drug-likeness (QED) is 0.669. The molecule has 6 nitrogen and oxygen atoms in total. The third kappa shape index (κ3) is 3.34. The number of nitrogens with zero attached hydrogens (tertiary/aromatic N) is 2. The maximum absolute atomic E-state index is 7.12. The minimum atomic E-state index is -2.14. The summed E-state index contributed by atoms with van der Waals surface area (Å²) >= 11 is 0. The van der Waals surface area contributed by atoms with Crippen LogP contribution in [0.4, 0.5) is 5.82 Å². The van der Waals surface area contributed by atoms with E-state index in [-0.39, 0.29) is 12.4 Å². The molecule has 0 bridgehead atoms. The van der Waals surface area contributed by atoms with Crippen LogP contribution in [0, 0.1) is 0 Å². The zero-order chi connectivity index (χ0) is 16.4. The summed E-state index contributed by atoms with van der Waals surface area (Å²) in [7, 11) is 0. The van der Waals surface area contributed by atoms with Gasteiger partial charge in [0.15, 0.2) is 0 Å². The third-order valence-electron chi connectivity index (χ3n) is 3.05. The van der Waals surface area contributed by atoms with Crippen molar-refractivity contribution >= 4 is 29.3 Å². The first-order chi connectivity index (χ1) is 10.9. The van der Waals surface area contributed by atoms with E-state index in [0.29, 0.717) is 36.7 Å². The molecule has 3 aromatic rings. The summed E-state index contributed by atoms with van der Waals surface area (Å²) in [5, 5.41) is 3.20. The Morgan fingerprint density at radius 3 is 3.14 bits per heavy atom. The van der Waals surface area contributed by atoms with Gasteiger partial charge in [-0.05, 0) is 31.6 Å². The highest BCUT2D eigenvalue weighted by Crippen LogP contribution is 2.20. The molecule has 0 aliphatic carbocycles. The van der Waals surface area contributed by atoms with Gasteiger partial charge in [-0.2, -0.15) is 0 Å². The molecule has 0 aromatic carbocycles. The second-order valence-corrected chi connectivity index (χ2v) is 4.51. The smallest absolute Gasteiger partial charge is 0.143 e. The van der Waals surface area contributed by atoms with Crippen molar-refractivity contribution in [3.05, 3.63) is 41.7 Å². The van der Waals surface area contributed by atoms with Crippen molar-refractivity contribution in [3.63, 3.8) is 0 Å². The van der Waals surface area contributed by atoms with Crippen molar-refractivity contribution in [2.45, 2.75) is 12.8 Å². The molecule has 0 spiro atoms. The summed E-state index contributed by atoms with van der Waals surface area (Å²) in [6.45, 7) is -1.81. The van der Waals surface area contributed by atoms with Crippen LogP contribution in [-0.4, -0.2) is 28.5 Å². The SMILES string of the molecule is Cl.[2H]C([2H])([2H])NCCc1cc2c(N)nc(Cc3ccco3)nc2[nH]1. The number of hydrogen-bond acceptors (Lipinski definition) is 5. The molecule has 112 valence electrons. The van der Waals surface area contributed by atoms with Crippen molar-refractivity contribution in [2.75, 3.05) is 19.3 Å². The largest absolute Gasteiger partial charge is 0.469 e. The molecule has 0 fully saturated rings. The van der Waals surface area contributed by atoms with Gasteiger partial charge in [-0.1, -0.05) is 0 Å². The number of nitrogens with one attached hydrogen (secondary N) is 2. The van der Waals surface area contributed by atoms with E-state index >= 15 is 0 Å². The molecule has 3 aromatic heterocycles. The van der Waals surface area contributed by atoms with Gasteiger partial charge >= 0.3 is 0 Å². The maximum Gasteiger partial charge on any atom is 0.143 e. The van der Waals surface area contributed by atoms with Gasteiger partial charge in [0.2, 0.25) is 0 Å². The molecule has 0 aliphatic heterocycles. The Morgan fingerprint density at radius 2 is 2.38 bits per heavy atom. The lowest BCUT2D eigenvalue weighted by Crippen LogP contribution is -2.10. The van der Waals surface area contributed by atoms with Crippen LogP contribution in [0.3, 0.4) is 0 Å². The van der Waals surface area contributed by atoms with Crippen LogP contribution >= 0.6 is 12.4 Å². The summed E-state index contributed by atoms with van der Waals surface area (Å²) in [5.41, 5.74) is 7.49. The van der Waals surface area contributed by atoms with E-state index in [1.54, 1.807) is 6.26 Å². The van der Waals surface area contributed by atoms with Gasteiger partial charge in [0.25, 0.3) is 0 Å². The van der Waals surface area contributed by atoms with Crippen LogP contribution < -0.4 is 11.1 Å². The number of likely N-dealkylation sites (N-methyl/N-ethyl adjacent to an activating group) is 1. The number of fused-ring (bicyclic) bond motifs is 1. The van der Waals surface area contributed by atoms with E-state index in [2.05, 4.69) is 20.3 Å². The second-order valence-electron chi connectivity index (χ2n) is 4.51. The van der Waals surface area contributed by atoms with E-state index in [9.17, 15) is 0 Å². The molecule has 3 heterocycles. The lowest BCUT2D eigenvalue weighted by atomic mass is 10.2. The maximum atomic E-state index is 7.12. The Labute approximate surface area is 132 Å². The Kier molecular flexibility index (Phi) is 3.64. The van der Waals surface area contributed by atoms with Crippen molar-refractivity contribution in [1.29, 1.82) is 0 Å². The normalized spacial score (nSPS) is 13.4. The molecule has 0 unspecified atom stereocenters. The highest BCUT2D eigenvalue weighted by Gasteiger charge is 2.10. The number of H-pyrrole nitrogens is 1. The number of furan rings is 1. The first-order valence-corrected chi connectivity index (χ1v) is 6.32. The average molecular weight is 311 g/mol. The lowest BCUT2D eigenvalue weighted by Gasteiger charge is -2.00. The molecular weight excluding hydrogens is 290 g/mol. The number of nitrogens with two attached hydrogens (primary N) is 1. The first kappa shape index (κ1) is 11.6. The van der Waals surface area contributed by atoms with Gasteiger partial charge in [-0.3, -0.25) is 0 Å². The number of halogens is 1. The van der Waals surface area contributed by atoms with E-state index in [4.69, 9.17) is 14.3 Å². The summed E-state index contributed by atoms with van der Waals surface area (Å²) in [5.74, 6) is 1.72. The summed E-state index contributed by atoms with van der Waals surface area (Å²) in [6, 6.07) is 5.51.